The van der Waals surface area contributed by atoms with E-state index in [2.05, 4.69) is 106 Å². The van der Waals surface area contributed by atoms with E-state index in [1.165, 1.54) is 135 Å². The largest absolute Gasteiger partial charge is 0.462 e. The normalized spacial score (nSPS) is 12.7. The van der Waals surface area contributed by atoms with Gasteiger partial charge in [-0.1, -0.05) is 260 Å². The number of carbonyl (C=O) groups excluding carboxylic acids is 3. The number of rotatable bonds is 53. The third kappa shape index (κ3) is 55.5. The van der Waals surface area contributed by atoms with Crippen LogP contribution in [0, 0.1) is 0 Å². The number of unbranched alkanes of at least 4 members (excludes halogenated alkanes) is 28. The van der Waals surface area contributed by atoms with Crippen LogP contribution in [0.25, 0.3) is 0 Å². The molecular formula is C64H110O6. The van der Waals surface area contributed by atoms with Crippen molar-refractivity contribution in [2.24, 2.45) is 0 Å². The molecule has 6 heteroatoms. The average Bonchev–Trinajstić information content (AvgIpc) is 3.36. The first kappa shape index (κ1) is 66.6. The Balaban J connectivity index is 4.46. The molecule has 1 unspecified atom stereocenters. The Hall–Kier alpha value is -3.41. The smallest absolute Gasteiger partial charge is 0.306 e. The van der Waals surface area contributed by atoms with Crippen LogP contribution in [-0.4, -0.2) is 37.2 Å². The summed E-state index contributed by atoms with van der Waals surface area (Å²) >= 11 is 0. The van der Waals surface area contributed by atoms with Gasteiger partial charge in [-0.05, 0) is 89.9 Å². The first-order valence-corrected chi connectivity index (χ1v) is 29.6. The monoisotopic (exact) mass is 975 g/mol. The van der Waals surface area contributed by atoms with Crippen molar-refractivity contribution in [3.63, 3.8) is 0 Å². The zero-order valence-electron chi connectivity index (χ0n) is 46.0. The molecule has 0 spiro atoms. The molecule has 0 fully saturated rings. The zero-order chi connectivity index (χ0) is 50.7. The third-order valence-corrected chi connectivity index (χ3v) is 12.6. The summed E-state index contributed by atoms with van der Waals surface area (Å²) in [7, 11) is 0. The lowest BCUT2D eigenvalue weighted by atomic mass is 10.0. The lowest BCUT2D eigenvalue weighted by molar-refractivity contribution is -0.167. The highest BCUT2D eigenvalue weighted by molar-refractivity contribution is 5.71. The molecule has 0 saturated heterocycles. The minimum Gasteiger partial charge on any atom is -0.462 e. The predicted octanol–water partition coefficient (Wildman–Crippen LogP) is 19.9. The molecule has 0 aliphatic heterocycles. The molecule has 0 heterocycles. The lowest BCUT2D eigenvalue weighted by Crippen LogP contribution is -2.30. The van der Waals surface area contributed by atoms with Gasteiger partial charge in [-0.2, -0.15) is 0 Å². The van der Waals surface area contributed by atoms with Crippen molar-refractivity contribution in [2.45, 2.75) is 290 Å². The number of esters is 3. The van der Waals surface area contributed by atoms with Crippen LogP contribution in [0.2, 0.25) is 0 Å². The molecule has 0 aromatic carbocycles. The SMILES string of the molecule is CC/C=C\C/C=C\C/C=C\C/C=C\C/C=C\CCCC(=O)OC(COC(=O)CCCCCCC/C=C\C/C=C\CCCCCC)COC(=O)CCCCCCCCCCCCCCCCCCCCC. The minimum absolute atomic E-state index is 0.102. The predicted molar refractivity (Wildman–Crippen MR) is 302 cm³/mol. The van der Waals surface area contributed by atoms with Gasteiger partial charge in [-0.25, -0.2) is 0 Å². The Bertz CT molecular complexity index is 1350. The molecule has 0 aliphatic carbocycles. The van der Waals surface area contributed by atoms with Crippen LogP contribution in [0.4, 0.5) is 0 Å². The van der Waals surface area contributed by atoms with Gasteiger partial charge in [0.15, 0.2) is 6.10 Å². The molecule has 0 radical (unpaired) electrons. The maximum absolute atomic E-state index is 12.8. The molecule has 6 nitrogen and oxygen atoms in total. The lowest BCUT2D eigenvalue weighted by Gasteiger charge is -2.18. The van der Waals surface area contributed by atoms with Crippen LogP contribution < -0.4 is 0 Å². The summed E-state index contributed by atoms with van der Waals surface area (Å²) in [5.74, 6) is -0.966. The summed E-state index contributed by atoms with van der Waals surface area (Å²) in [5.41, 5.74) is 0. The van der Waals surface area contributed by atoms with Crippen molar-refractivity contribution >= 4 is 17.9 Å². The molecule has 1 atom stereocenters. The Morgan fingerprint density at radius 2 is 0.571 bits per heavy atom. The Kier molecular flexibility index (Phi) is 55.3. The van der Waals surface area contributed by atoms with Crippen LogP contribution in [0.1, 0.15) is 284 Å². The van der Waals surface area contributed by atoms with Crippen LogP contribution in [0.15, 0.2) is 85.1 Å². The highest BCUT2D eigenvalue weighted by atomic mass is 16.6. The molecule has 0 bridgehead atoms. The molecule has 0 rings (SSSR count). The van der Waals surface area contributed by atoms with E-state index < -0.39 is 6.10 Å². The summed E-state index contributed by atoms with van der Waals surface area (Å²) < 4.78 is 16.8. The molecule has 0 aromatic rings. The summed E-state index contributed by atoms with van der Waals surface area (Å²) in [6.45, 7) is 6.48. The van der Waals surface area contributed by atoms with Gasteiger partial charge in [0, 0.05) is 19.3 Å². The summed E-state index contributed by atoms with van der Waals surface area (Å²) in [6.07, 6.45) is 75.8. The fourth-order valence-electron chi connectivity index (χ4n) is 8.22. The Labute approximate surface area is 433 Å². The van der Waals surface area contributed by atoms with Crippen molar-refractivity contribution in [3.8, 4) is 0 Å². The number of ether oxygens (including phenoxy) is 3. The van der Waals surface area contributed by atoms with Gasteiger partial charge in [-0.15, -0.1) is 0 Å². The van der Waals surface area contributed by atoms with Crippen molar-refractivity contribution in [1.29, 1.82) is 0 Å². The number of carbonyl (C=O) groups is 3. The molecular weight excluding hydrogens is 865 g/mol. The molecule has 0 aliphatic rings. The maximum atomic E-state index is 12.8. The highest BCUT2D eigenvalue weighted by Crippen LogP contribution is 2.16. The van der Waals surface area contributed by atoms with Gasteiger partial charge >= 0.3 is 17.9 Å². The van der Waals surface area contributed by atoms with Crippen molar-refractivity contribution in [3.05, 3.63) is 85.1 Å². The summed E-state index contributed by atoms with van der Waals surface area (Å²) in [5, 5.41) is 0. The van der Waals surface area contributed by atoms with Crippen molar-refractivity contribution in [2.75, 3.05) is 13.2 Å². The van der Waals surface area contributed by atoms with E-state index in [1.807, 2.05) is 0 Å². The standard InChI is InChI=1S/C64H110O6/c1-4-7-10-13-16-19-22-25-28-31-32-34-36-39-42-45-48-51-54-57-63(66)69-60-61(59-68-62(65)56-53-50-47-44-41-38-35-30-27-24-21-18-15-12-9-6-3)70-64(67)58-55-52-49-46-43-40-37-33-29-26-23-20-17-14-11-8-5-2/h8,11,17,20-21,24,26,29-30,35,37,40,46,49,61H,4-7,9-10,12-16,18-19,22-23,25,27-28,31-34,36,38-39,41-45,47-48,50-60H2,1-3H3/b11-8-,20-17-,24-21-,29-26-,35-30-,40-37-,49-46-. The van der Waals surface area contributed by atoms with Crippen LogP contribution in [-0.2, 0) is 28.6 Å². The second-order valence-corrected chi connectivity index (χ2v) is 19.5. The van der Waals surface area contributed by atoms with E-state index in [0.29, 0.717) is 19.3 Å². The topological polar surface area (TPSA) is 78.9 Å². The van der Waals surface area contributed by atoms with Crippen LogP contribution >= 0.6 is 0 Å². The first-order chi connectivity index (χ1) is 34.5. The molecule has 0 saturated carbocycles. The van der Waals surface area contributed by atoms with E-state index >= 15 is 0 Å². The zero-order valence-corrected chi connectivity index (χ0v) is 46.0. The van der Waals surface area contributed by atoms with Gasteiger partial charge in [0.1, 0.15) is 13.2 Å². The molecule has 0 amide bonds. The number of hydrogen-bond donors (Lipinski definition) is 0. The van der Waals surface area contributed by atoms with E-state index in [4.69, 9.17) is 14.2 Å². The van der Waals surface area contributed by atoms with Crippen LogP contribution in [0.3, 0.4) is 0 Å². The van der Waals surface area contributed by atoms with E-state index in [0.717, 1.165) is 103 Å². The first-order valence-electron chi connectivity index (χ1n) is 29.6. The fraction of sp³-hybridized carbons (Fsp3) is 0.734. The summed E-state index contributed by atoms with van der Waals surface area (Å²) in [4.78, 5) is 38.2. The third-order valence-electron chi connectivity index (χ3n) is 12.6. The minimum atomic E-state index is -0.812. The van der Waals surface area contributed by atoms with E-state index in [9.17, 15) is 14.4 Å². The number of hydrogen-bond acceptors (Lipinski definition) is 6. The van der Waals surface area contributed by atoms with Gasteiger partial charge in [0.05, 0.1) is 0 Å². The van der Waals surface area contributed by atoms with E-state index in [1.54, 1.807) is 0 Å². The molecule has 70 heavy (non-hydrogen) atoms. The molecule has 0 aromatic heterocycles. The second kappa shape index (κ2) is 58.2. The Morgan fingerprint density at radius 3 is 0.929 bits per heavy atom. The van der Waals surface area contributed by atoms with Gasteiger partial charge in [-0.3, -0.25) is 14.4 Å². The second-order valence-electron chi connectivity index (χ2n) is 19.5. The number of allylic oxidation sites excluding steroid dienone is 14. The fourth-order valence-corrected chi connectivity index (χ4v) is 8.22. The molecule has 0 N–H and O–H groups in total. The van der Waals surface area contributed by atoms with Crippen molar-refractivity contribution in [1.82, 2.24) is 0 Å². The van der Waals surface area contributed by atoms with Crippen molar-refractivity contribution < 1.29 is 28.6 Å². The summed E-state index contributed by atoms with van der Waals surface area (Å²) in [6, 6.07) is 0. The quantitative estimate of drug-likeness (QED) is 0.0261. The van der Waals surface area contributed by atoms with E-state index in [-0.39, 0.29) is 37.5 Å². The maximum Gasteiger partial charge on any atom is 0.306 e. The molecule has 402 valence electrons. The van der Waals surface area contributed by atoms with Gasteiger partial charge in [0.2, 0.25) is 0 Å². The van der Waals surface area contributed by atoms with Gasteiger partial charge < -0.3 is 14.2 Å². The average molecular weight is 976 g/mol. The van der Waals surface area contributed by atoms with Crippen LogP contribution in [0.5, 0.6) is 0 Å². The van der Waals surface area contributed by atoms with Gasteiger partial charge in [0.25, 0.3) is 0 Å². The Morgan fingerprint density at radius 1 is 0.300 bits per heavy atom. The highest BCUT2D eigenvalue weighted by Gasteiger charge is 2.19.